The first kappa shape index (κ1) is 18.0. The van der Waals surface area contributed by atoms with E-state index in [2.05, 4.69) is 19.2 Å². The predicted octanol–water partition coefficient (Wildman–Crippen LogP) is 3.40. The van der Waals surface area contributed by atoms with Crippen LogP contribution in [-0.4, -0.2) is 33.0 Å². The van der Waals surface area contributed by atoms with E-state index in [-0.39, 0.29) is 5.41 Å². The summed E-state index contributed by atoms with van der Waals surface area (Å²) < 4.78 is 24.0. The van der Waals surface area contributed by atoms with Gasteiger partial charge >= 0.3 is 0 Å². The Bertz CT molecular complexity index is 357. The maximum Gasteiger partial charge on any atom is 0.150 e. The van der Waals surface area contributed by atoms with Crippen molar-refractivity contribution in [3.63, 3.8) is 0 Å². The van der Waals surface area contributed by atoms with E-state index in [4.69, 9.17) is 0 Å². The van der Waals surface area contributed by atoms with Gasteiger partial charge in [0.25, 0.3) is 0 Å². The van der Waals surface area contributed by atoms with Gasteiger partial charge in [0, 0.05) is 12.3 Å². The van der Waals surface area contributed by atoms with Gasteiger partial charge in [0.1, 0.15) is 9.84 Å². The van der Waals surface area contributed by atoms with Crippen LogP contribution in [0.4, 0.5) is 0 Å². The number of sulfone groups is 1. The van der Waals surface area contributed by atoms with Crippen molar-refractivity contribution < 1.29 is 8.42 Å². The second-order valence-corrected chi connectivity index (χ2v) is 9.29. The average Bonchev–Trinajstić information content (AvgIpc) is 2.37. The van der Waals surface area contributed by atoms with Crippen LogP contribution in [0, 0.1) is 11.3 Å². The van der Waals surface area contributed by atoms with E-state index < -0.39 is 9.84 Å². The van der Waals surface area contributed by atoms with Crippen LogP contribution in [0.2, 0.25) is 0 Å². The zero-order chi connectivity index (χ0) is 15.1. The fourth-order valence-corrected chi connectivity index (χ4v) is 4.80. The van der Waals surface area contributed by atoms with Gasteiger partial charge in [-0.3, -0.25) is 0 Å². The molecule has 0 aromatic rings. The Balaban J connectivity index is 2.54. The largest absolute Gasteiger partial charge is 0.316 e. The smallest absolute Gasteiger partial charge is 0.150 e. The van der Waals surface area contributed by atoms with Gasteiger partial charge < -0.3 is 5.32 Å². The summed E-state index contributed by atoms with van der Waals surface area (Å²) in [6.45, 7) is 8.40. The van der Waals surface area contributed by atoms with E-state index in [1.54, 1.807) is 0 Å². The van der Waals surface area contributed by atoms with Gasteiger partial charge in [-0.25, -0.2) is 8.42 Å². The molecule has 0 heterocycles. The molecule has 0 bridgehead atoms. The predicted molar refractivity (Wildman–Crippen MR) is 86.8 cm³/mol. The first-order chi connectivity index (χ1) is 9.39. The summed E-state index contributed by atoms with van der Waals surface area (Å²) in [6, 6.07) is 0. The van der Waals surface area contributed by atoms with Gasteiger partial charge in [-0.15, -0.1) is 0 Å². The third-order valence-electron chi connectivity index (χ3n) is 4.43. The lowest BCUT2D eigenvalue weighted by atomic mass is 9.72. The van der Waals surface area contributed by atoms with Crippen LogP contribution in [0.3, 0.4) is 0 Å². The van der Waals surface area contributed by atoms with Crippen LogP contribution in [0.5, 0.6) is 0 Å². The van der Waals surface area contributed by atoms with Crippen molar-refractivity contribution in [3.8, 4) is 0 Å². The monoisotopic (exact) mass is 303 g/mol. The van der Waals surface area contributed by atoms with Crippen molar-refractivity contribution in [3.05, 3.63) is 0 Å². The molecule has 1 rings (SSSR count). The van der Waals surface area contributed by atoms with Crippen LogP contribution in [0.25, 0.3) is 0 Å². The number of rotatable bonds is 9. The molecule has 120 valence electrons. The van der Waals surface area contributed by atoms with Crippen LogP contribution < -0.4 is 5.32 Å². The summed E-state index contributed by atoms with van der Waals surface area (Å²) in [5.74, 6) is 1.38. The first-order valence-corrected chi connectivity index (χ1v) is 10.1. The molecule has 1 fully saturated rings. The Hall–Kier alpha value is -0.0900. The Morgan fingerprint density at radius 1 is 1.10 bits per heavy atom. The van der Waals surface area contributed by atoms with Gasteiger partial charge in [-0.2, -0.15) is 0 Å². The van der Waals surface area contributed by atoms with Crippen molar-refractivity contribution in [1.29, 1.82) is 0 Å². The molecule has 0 atom stereocenters. The van der Waals surface area contributed by atoms with Gasteiger partial charge in [-0.1, -0.05) is 40.0 Å². The molecule has 0 saturated heterocycles. The van der Waals surface area contributed by atoms with E-state index in [9.17, 15) is 8.42 Å². The summed E-state index contributed by atoms with van der Waals surface area (Å²) >= 11 is 0. The van der Waals surface area contributed by atoms with Gasteiger partial charge in [-0.05, 0) is 43.6 Å². The summed E-state index contributed by atoms with van der Waals surface area (Å²) in [5, 5.41) is 3.57. The standard InChI is InChI=1S/C16H33NO2S/c1-4-11-20(18,19)12-10-16(8-6-5-7-9-16)14-17-13-15(2)3/h15,17H,4-14H2,1-3H3. The van der Waals surface area contributed by atoms with E-state index in [0.717, 1.165) is 25.9 Å². The molecule has 0 aliphatic heterocycles. The van der Waals surface area contributed by atoms with Crippen LogP contribution in [0.1, 0.15) is 65.7 Å². The number of nitrogens with one attached hydrogen (secondary N) is 1. The molecule has 4 heteroatoms. The minimum absolute atomic E-state index is 0.230. The molecule has 20 heavy (non-hydrogen) atoms. The fourth-order valence-electron chi connectivity index (χ4n) is 3.23. The minimum Gasteiger partial charge on any atom is -0.316 e. The second kappa shape index (κ2) is 8.38. The minimum atomic E-state index is -2.84. The summed E-state index contributed by atoms with van der Waals surface area (Å²) in [4.78, 5) is 0. The van der Waals surface area contributed by atoms with Crippen molar-refractivity contribution in [2.45, 2.75) is 65.7 Å². The highest BCUT2D eigenvalue weighted by molar-refractivity contribution is 7.91. The maximum atomic E-state index is 12.0. The highest BCUT2D eigenvalue weighted by Gasteiger charge is 2.32. The molecule has 1 saturated carbocycles. The summed E-state index contributed by atoms with van der Waals surface area (Å²) in [5.41, 5.74) is 0.230. The molecule has 1 aliphatic rings. The molecular weight excluding hydrogens is 270 g/mol. The van der Waals surface area contributed by atoms with Gasteiger partial charge in [0.2, 0.25) is 0 Å². The van der Waals surface area contributed by atoms with E-state index in [1.165, 1.54) is 32.1 Å². The molecular formula is C16H33NO2S. The lowest BCUT2D eigenvalue weighted by molar-refractivity contribution is 0.174. The van der Waals surface area contributed by atoms with E-state index in [0.29, 0.717) is 17.4 Å². The normalized spacial score (nSPS) is 19.4. The zero-order valence-electron chi connectivity index (χ0n) is 13.6. The van der Waals surface area contributed by atoms with Crippen LogP contribution >= 0.6 is 0 Å². The molecule has 0 unspecified atom stereocenters. The maximum absolute atomic E-state index is 12.0. The third kappa shape index (κ3) is 6.57. The fraction of sp³-hybridized carbons (Fsp3) is 1.00. The molecule has 1 N–H and O–H groups in total. The molecule has 0 spiro atoms. The summed E-state index contributed by atoms with van der Waals surface area (Å²) in [7, 11) is -2.84. The molecule has 0 radical (unpaired) electrons. The van der Waals surface area contributed by atoms with Crippen molar-refractivity contribution >= 4 is 9.84 Å². The first-order valence-electron chi connectivity index (χ1n) is 8.30. The van der Waals surface area contributed by atoms with Gasteiger partial charge in [0.05, 0.1) is 5.75 Å². The van der Waals surface area contributed by atoms with Gasteiger partial charge in [0.15, 0.2) is 0 Å². The molecule has 1 aliphatic carbocycles. The summed E-state index contributed by atoms with van der Waals surface area (Å²) in [6.07, 6.45) is 7.81. The second-order valence-electron chi connectivity index (χ2n) is 6.99. The molecule has 3 nitrogen and oxygen atoms in total. The molecule has 0 amide bonds. The highest BCUT2D eigenvalue weighted by atomic mass is 32.2. The van der Waals surface area contributed by atoms with Crippen molar-refractivity contribution in [2.75, 3.05) is 24.6 Å². The zero-order valence-corrected chi connectivity index (χ0v) is 14.4. The highest BCUT2D eigenvalue weighted by Crippen LogP contribution is 2.39. The van der Waals surface area contributed by atoms with Crippen molar-refractivity contribution in [1.82, 2.24) is 5.32 Å². The Labute approximate surface area is 125 Å². The number of hydrogen-bond donors (Lipinski definition) is 1. The third-order valence-corrected chi connectivity index (χ3v) is 6.28. The van der Waals surface area contributed by atoms with E-state index >= 15 is 0 Å². The van der Waals surface area contributed by atoms with E-state index in [1.807, 2.05) is 6.92 Å². The lowest BCUT2D eigenvalue weighted by Gasteiger charge is -2.38. The Morgan fingerprint density at radius 2 is 1.75 bits per heavy atom. The molecule has 0 aromatic heterocycles. The van der Waals surface area contributed by atoms with Crippen LogP contribution in [-0.2, 0) is 9.84 Å². The Morgan fingerprint density at radius 3 is 2.30 bits per heavy atom. The lowest BCUT2D eigenvalue weighted by Crippen LogP contribution is -2.39. The van der Waals surface area contributed by atoms with Crippen molar-refractivity contribution in [2.24, 2.45) is 11.3 Å². The average molecular weight is 304 g/mol. The SMILES string of the molecule is CCCS(=O)(=O)CCC1(CNCC(C)C)CCCCC1. The molecule has 0 aromatic carbocycles. The topological polar surface area (TPSA) is 46.2 Å². The Kier molecular flexibility index (Phi) is 7.52. The quantitative estimate of drug-likeness (QED) is 0.710. The van der Waals surface area contributed by atoms with Crippen LogP contribution in [0.15, 0.2) is 0 Å². The number of hydrogen-bond acceptors (Lipinski definition) is 3.